The second-order valence-electron chi connectivity index (χ2n) is 1.52. The molecule has 1 rings (SSSR count). The maximum atomic E-state index is 10.4. The van der Waals surface area contributed by atoms with Crippen LogP contribution in [0, 0.1) is 0 Å². The molecule has 0 saturated carbocycles. The molecule has 0 unspecified atom stereocenters. The van der Waals surface area contributed by atoms with Gasteiger partial charge < -0.3 is 5.73 Å². The number of hydrogen-bond acceptors (Lipinski definition) is 4. The van der Waals surface area contributed by atoms with E-state index in [0.29, 0.717) is 12.3 Å². The number of hydrazine groups is 1. The highest BCUT2D eigenvalue weighted by Crippen LogP contribution is 1.89. The molecule has 50 valence electrons. The fraction of sp³-hybridized carbons (Fsp3) is 0.250. The van der Waals surface area contributed by atoms with Crippen LogP contribution >= 0.6 is 0 Å². The number of nitrogens with one attached hydrogen (secondary N) is 2. The van der Waals surface area contributed by atoms with Crippen LogP contribution < -0.4 is 16.7 Å². The molecule has 1 amide bonds. The standard InChI is InChI=1S/C4H7N3O2/c5-4(8)3-1-2-9-7-6-3/h1,6-7H,2H2,(H2,5,8). The molecule has 9 heavy (non-hydrogen) atoms. The van der Waals surface area contributed by atoms with Gasteiger partial charge in [0, 0.05) is 0 Å². The molecule has 0 aliphatic carbocycles. The number of hydrogen-bond donors (Lipinski definition) is 3. The van der Waals surface area contributed by atoms with Crippen LogP contribution in [-0.4, -0.2) is 12.5 Å². The van der Waals surface area contributed by atoms with Crippen molar-refractivity contribution in [1.82, 2.24) is 11.0 Å². The van der Waals surface area contributed by atoms with Gasteiger partial charge >= 0.3 is 0 Å². The smallest absolute Gasteiger partial charge is 0.265 e. The molecule has 1 heterocycles. The summed E-state index contributed by atoms with van der Waals surface area (Å²) in [6, 6.07) is 0. The molecule has 0 aromatic carbocycles. The summed E-state index contributed by atoms with van der Waals surface area (Å²) in [5.74, 6) is -0.495. The monoisotopic (exact) mass is 129 g/mol. The predicted molar refractivity (Wildman–Crippen MR) is 29.5 cm³/mol. The fourth-order valence-corrected chi connectivity index (χ4v) is 0.471. The number of rotatable bonds is 1. The number of amides is 1. The average Bonchev–Trinajstić information content (AvgIpc) is 1.90. The Hall–Kier alpha value is -1.07. The Balaban J connectivity index is 2.57. The minimum absolute atomic E-state index is 0.334. The zero-order chi connectivity index (χ0) is 6.69. The van der Waals surface area contributed by atoms with Gasteiger partial charge in [-0.15, -0.1) is 5.59 Å². The molecule has 0 saturated heterocycles. The Kier molecular flexibility index (Phi) is 1.66. The summed E-state index contributed by atoms with van der Waals surface area (Å²) < 4.78 is 0. The van der Waals surface area contributed by atoms with E-state index in [1.807, 2.05) is 0 Å². The summed E-state index contributed by atoms with van der Waals surface area (Å²) in [6.07, 6.45) is 1.55. The zero-order valence-corrected chi connectivity index (χ0v) is 4.68. The number of primary amides is 1. The van der Waals surface area contributed by atoms with Crippen LogP contribution in [0.15, 0.2) is 11.8 Å². The number of carbonyl (C=O) groups excluding carboxylic acids is 1. The van der Waals surface area contributed by atoms with E-state index in [1.54, 1.807) is 6.08 Å². The molecule has 0 fully saturated rings. The number of nitrogens with two attached hydrogens (primary N) is 1. The van der Waals surface area contributed by atoms with Gasteiger partial charge in [0.15, 0.2) is 0 Å². The Morgan fingerprint density at radius 2 is 2.67 bits per heavy atom. The first kappa shape index (κ1) is 6.06. The molecule has 0 spiro atoms. The summed E-state index contributed by atoms with van der Waals surface area (Å²) in [5, 5.41) is 0. The van der Waals surface area contributed by atoms with E-state index >= 15 is 0 Å². The first-order chi connectivity index (χ1) is 4.30. The molecule has 5 nitrogen and oxygen atoms in total. The lowest BCUT2D eigenvalue weighted by Gasteiger charge is -2.12. The van der Waals surface area contributed by atoms with Gasteiger partial charge in [-0.3, -0.25) is 15.1 Å². The van der Waals surface area contributed by atoms with Gasteiger partial charge in [-0.05, 0) is 6.08 Å². The number of carbonyl (C=O) groups is 1. The van der Waals surface area contributed by atoms with Crippen molar-refractivity contribution in [3.63, 3.8) is 0 Å². The lowest BCUT2D eigenvalue weighted by atomic mass is 10.4. The van der Waals surface area contributed by atoms with E-state index < -0.39 is 5.91 Å². The topological polar surface area (TPSA) is 76.4 Å². The molecule has 0 aromatic heterocycles. The van der Waals surface area contributed by atoms with Crippen LogP contribution in [-0.2, 0) is 9.63 Å². The molecular weight excluding hydrogens is 122 g/mol. The molecular formula is C4H7N3O2. The maximum absolute atomic E-state index is 10.4. The second-order valence-corrected chi connectivity index (χ2v) is 1.52. The highest BCUT2D eigenvalue weighted by atomic mass is 16.7. The van der Waals surface area contributed by atoms with Crippen molar-refractivity contribution in [2.75, 3.05) is 6.61 Å². The van der Waals surface area contributed by atoms with Gasteiger partial charge in [-0.2, -0.15) is 0 Å². The second kappa shape index (κ2) is 2.47. The molecule has 4 N–H and O–H groups in total. The summed E-state index contributed by atoms with van der Waals surface area (Å²) in [6.45, 7) is 0.352. The molecule has 0 radical (unpaired) electrons. The fourth-order valence-electron chi connectivity index (χ4n) is 0.471. The Morgan fingerprint density at radius 3 is 3.00 bits per heavy atom. The van der Waals surface area contributed by atoms with Crippen LogP contribution in [0.5, 0.6) is 0 Å². The molecule has 0 atom stereocenters. The zero-order valence-electron chi connectivity index (χ0n) is 4.68. The minimum Gasteiger partial charge on any atom is -0.364 e. The first-order valence-electron chi connectivity index (χ1n) is 2.43. The third-order valence-electron chi connectivity index (χ3n) is 0.894. The quantitative estimate of drug-likeness (QED) is 0.398. The van der Waals surface area contributed by atoms with Gasteiger partial charge in [0.25, 0.3) is 5.91 Å². The third-order valence-corrected chi connectivity index (χ3v) is 0.894. The van der Waals surface area contributed by atoms with Gasteiger partial charge in [0.1, 0.15) is 5.70 Å². The Morgan fingerprint density at radius 1 is 1.89 bits per heavy atom. The SMILES string of the molecule is NC(=O)C1=CCONN1. The molecule has 1 aliphatic heterocycles. The molecule has 1 aliphatic rings. The van der Waals surface area contributed by atoms with Crippen LogP contribution in [0.3, 0.4) is 0 Å². The third kappa shape index (κ3) is 1.41. The lowest BCUT2D eigenvalue weighted by Crippen LogP contribution is -2.40. The van der Waals surface area contributed by atoms with Crippen molar-refractivity contribution in [2.24, 2.45) is 5.73 Å². The van der Waals surface area contributed by atoms with E-state index in [2.05, 4.69) is 15.9 Å². The predicted octanol–water partition coefficient (Wildman–Crippen LogP) is -1.60. The molecule has 5 heteroatoms. The minimum atomic E-state index is -0.495. The molecule has 0 bridgehead atoms. The van der Waals surface area contributed by atoms with Crippen LogP contribution in [0.2, 0.25) is 0 Å². The lowest BCUT2D eigenvalue weighted by molar-refractivity contribution is -0.116. The van der Waals surface area contributed by atoms with Gasteiger partial charge in [-0.1, -0.05) is 0 Å². The Bertz CT molecular complexity index is 154. The van der Waals surface area contributed by atoms with Crippen molar-refractivity contribution in [3.8, 4) is 0 Å². The van der Waals surface area contributed by atoms with Crippen molar-refractivity contribution < 1.29 is 9.63 Å². The van der Waals surface area contributed by atoms with Crippen molar-refractivity contribution in [1.29, 1.82) is 0 Å². The van der Waals surface area contributed by atoms with Gasteiger partial charge in [-0.25, -0.2) is 0 Å². The van der Waals surface area contributed by atoms with Crippen LogP contribution in [0.4, 0.5) is 0 Å². The van der Waals surface area contributed by atoms with Crippen molar-refractivity contribution in [2.45, 2.75) is 0 Å². The van der Waals surface area contributed by atoms with Crippen molar-refractivity contribution in [3.05, 3.63) is 11.8 Å². The first-order valence-corrected chi connectivity index (χ1v) is 2.43. The van der Waals surface area contributed by atoms with Crippen molar-refractivity contribution >= 4 is 5.91 Å². The van der Waals surface area contributed by atoms with Crippen LogP contribution in [0.1, 0.15) is 0 Å². The van der Waals surface area contributed by atoms with E-state index in [4.69, 9.17) is 5.73 Å². The summed E-state index contributed by atoms with van der Waals surface area (Å²) in [4.78, 5) is 15.0. The van der Waals surface area contributed by atoms with E-state index in [1.165, 1.54) is 0 Å². The highest BCUT2D eigenvalue weighted by Gasteiger charge is 2.05. The molecule has 0 aromatic rings. The largest absolute Gasteiger partial charge is 0.364 e. The van der Waals surface area contributed by atoms with E-state index in [-0.39, 0.29) is 0 Å². The Labute approximate surface area is 51.8 Å². The van der Waals surface area contributed by atoms with Gasteiger partial charge in [0.2, 0.25) is 0 Å². The summed E-state index contributed by atoms with van der Waals surface area (Å²) in [5.41, 5.74) is 9.97. The summed E-state index contributed by atoms with van der Waals surface area (Å²) >= 11 is 0. The van der Waals surface area contributed by atoms with Crippen LogP contribution in [0.25, 0.3) is 0 Å². The van der Waals surface area contributed by atoms with E-state index in [0.717, 1.165) is 0 Å². The summed E-state index contributed by atoms with van der Waals surface area (Å²) in [7, 11) is 0. The maximum Gasteiger partial charge on any atom is 0.265 e. The van der Waals surface area contributed by atoms with E-state index in [9.17, 15) is 4.79 Å². The highest BCUT2D eigenvalue weighted by molar-refractivity contribution is 5.91. The van der Waals surface area contributed by atoms with Gasteiger partial charge in [0.05, 0.1) is 6.61 Å². The normalized spacial score (nSPS) is 18.0. The average molecular weight is 129 g/mol.